The number of guanidine groups is 1. The van der Waals surface area contributed by atoms with Gasteiger partial charge in [0.2, 0.25) is 0 Å². The van der Waals surface area contributed by atoms with Crippen molar-refractivity contribution in [1.82, 2.24) is 9.80 Å². The third-order valence-corrected chi connectivity index (χ3v) is 6.98. The summed E-state index contributed by atoms with van der Waals surface area (Å²) in [5, 5.41) is 0. The number of hydrogen-bond acceptors (Lipinski definition) is 1. The third kappa shape index (κ3) is 12.9. The molecule has 0 atom stereocenters. The van der Waals surface area contributed by atoms with Crippen molar-refractivity contribution < 1.29 is 0 Å². The predicted molar refractivity (Wildman–Crippen MR) is 114 cm³/mol. The van der Waals surface area contributed by atoms with Gasteiger partial charge in [-0.3, -0.25) is 4.66 Å². The molecule has 0 aromatic heterocycles. The number of hydrogen-bond donors (Lipinski definition) is 0. The second-order valence-corrected chi connectivity index (χ2v) is 12.6. The van der Waals surface area contributed by atoms with Gasteiger partial charge in [-0.05, 0) is 19.1 Å². The first-order valence-corrected chi connectivity index (χ1v) is 13.4. The second kappa shape index (κ2) is 13.7. The number of nitrogens with zero attached hydrogens (tertiary/aromatic N) is 3. The first-order chi connectivity index (χ1) is 11.3. The van der Waals surface area contributed by atoms with Gasteiger partial charge in [-0.2, -0.15) is 0 Å². The van der Waals surface area contributed by atoms with E-state index < -0.39 is 8.24 Å². The van der Waals surface area contributed by atoms with Gasteiger partial charge in [0.1, 0.15) is 0 Å². The molecule has 0 saturated heterocycles. The normalized spacial score (nSPS) is 11.5. The summed E-state index contributed by atoms with van der Waals surface area (Å²) < 4.78 is 5.10. The maximum absolute atomic E-state index is 5.10. The molecule has 0 aliphatic carbocycles. The Balaban J connectivity index is 3.77. The maximum atomic E-state index is 5.10. The molecule has 0 N–H and O–H groups in total. The van der Waals surface area contributed by atoms with Crippen LogP contribution in [0, 0.1) is 0 Å². The van der Waals surface area contributed by atoms with Crippen molar-refractivity contribution in [1.29, 1.82) is 0 Å². The number of unbranched alkanes of at least 4 members (excludes halogenated alkanes) is 10. The fraction of sp³-hybridized carbons (Fsp3) is 0.950. The smallest absolute Gasteiger partial charge is 0.186 e. The summed E-state index contributed by atoms with van der Waals surface area (Å²) in [6, 6.07) is 1.31. The Kier molecular flexibility index (Phi) is 13.4. The summed E-state index contributed by atoms with van der Waals surface area (Å²) in [5.41, 5.74) is 0. The van der Waals surface area contributed by atoms with E-state index in [4.69, 9.17) is 4.66 Å². The molecule has 144 valence electrons. The van der Waals surface area contributed by atoms with E-state index >= 15 is 0 Å². The topological polar surface area (TPSA) is 18.8 Å². The Morgan fingerprint density at radius 2 is 1.04 bits per heavy atom. The van der Waals surface area contributed by atoms with Crippen LogP contribution in [0.25, 0.3) is 0 Å². The van der Waals surface area contributed by atoms with Gasteiger partial charge in [0.05, 0.1) is 0 Å². The van der Waals surface area contributed by atoms with Crippen molar-refractivity contribution in [3.05, 3.63) is 0 Å². The molecule has 3 nitrogen and oxygen atoms in total. The van der Waals surface area contributed by atoms with Crippen LogP contribution < -0.4 is 0 Å². The maximum Gasteiger partial charge on any atom is 0.186 e. The summed E-state index contributed by atoms with van der Waals surface area (Å²) in [5.74, 6) is 1.12. The highest BCUT2D eigenvalue weighted by atomic mass is 28.3. The summed E-state index contributed by atoms with van der Waals surface area (Å²) >= 11 is 0. The molecule has 0 aromatic carbocycles. The zero-order chi connectivity index (χ0) is 18.4. The standard InChI is InChI=1S/C20H45N3Si/c1-8-9-10-11-12-13-14-15-16-17-18-19-24(6,7)21-20(22(2)3)23(4)5/h8-19H2,1-7H3. The SMILES string of the molecule is CCCCCCCCCCCCC[Si](C)(C)N=C(N(C)C)N(C)C. The Bertz CT molecular complexity index is 315. The van der Waals surface area contributed by atoms with E-state index in [9.17, 15) is 0 Å². The minimum absolute atomic E-state index is 1.12. The van der Waals surface area contributed by atoms with Gasteiger partial charge >= 0.3 is 0 Å². The Morgan fingerprint density at radius 1 is 0.667 bits per heavy atom. The molecule has 0 aromatic rings. The molecule has 24 heavy (non-hydrogen) atoms. The Hall–Kier alpha value is -0.513. The van der Waals surface area contributed by atoms with Crippen LogP contribution in [0.15, 0.2) is 4.66 Å². The molecule has 0 saturated carbocycles. The first-order valence-electron chi connectivity index (χ1n) is 10.2. The van der Waals surface area contributed by atoms with Crippen LogP contribution in [0.1, 0.15) is 77.6 Å². The van der Waals surface area contributed by atoms with Crippen molar-refractivity contribution >= 4 is 14.2 Å². The first kappa shape index (κ1) is 23.5. The van der Waals surface area contributed by atoms with Crippen LogP contribution in [0.2, 0.25) is 19.1 Å². The lowest BCUT2D eigenvalue weighted by Crippen LogP contribution is -2.39. The molecule has 0 amide bonds. The largest absolute Gasteiger partial charge is 0.350 e. The minimum Gasteiger partial charge on any atom is -0.350 e. The average Bonchev–Trinajstić information content (AvgIpc) is 2.50. The lowest BCUT2D eigenvalue weighted by molar-refractivity contribution is 0.485. The molecule has 0 aliphatic rings. The fourth-order valence-corrected chi connectivity index (χ4v) is 5.32. The lowest BCUT2D eigenvalue weighted by Gasteiger charge is -2.27. The molecular formula is C20H45N3Si. The Morgan fingerprint density at radius 3 is 1.42 bits per heavy atom. The highest BCUT2D eigenvalue weighted by Crippen LogP contribution is 2.18. The summed E-state index contributed by atoms with van der Waals surface area (Å²) in [4.78, 5) is 4.27. The van der Waals surface area contributed by atoms with E-state index in [0.717, 1.165) is 5.96 Å². The van der Waals surface area contributed by atoms with Gasteiger partial charge < -0.3 is 9.80 Å². The molecular weight excluding hydrogens is 310 g/mol. The Labute approximate surface area is 154 Å². The van der Waals surface area contributed by atoms with Gasteiger partial charge in [0.25, 0.3) is 0 Å². The monoisotopic (exact) mass is 355 g/mol. The summed E-state index contributed by atoms with van der Waals surface area (Å²) in [6.07, 6.45) is 15.6. The van der Waals surface area contributed by atoms with Crippen LogP contribution in [-0.2, 0) is 0 Å². The van der Waals surface area contributed by atoms with E-state index in [2.05, 4.69) is 58.0 Å². The highest BCUT2D eigenvalue weighted by Gasteiger charge is 2.22. The van der Waals surface area contributed by atoms with Crippen molar-refractivity contribution in [2.75, 3.05) is 28.2 Å². The van der Waals surface area contributed by atoms with Gasteiger partial charge in [0, 0.05) is 28.2 Å². The van der Waals surface area contributed by atoms with E-state index in [0.29, 0.717) is 0 Å². The van der Waals surface area contributed by atoms with Crippen LogP contribution in [0.4, 0.5) is 0 Å². The average molecular weight is 356 g/mol. The zero-order valence-electron chi connectivity index (χ0n) is 17.8. The molecule has 0 spiro atoms. The fourth-order valence-electron chi connectivity index (χ4n) is 3.15. The van der Waals surface area contributed by atoms with Crippen LogP contribution in [0.5, 0.6) is 0 Å². The van der Waals surface area contributed by atoms with Crippen molar-refractivity contribution in [2.45, 2.75) is 96.7 Å². The molecule has 0 bridgehead atoms. The predicted octanol–water partition coefficient (Wildman–Crippen LogP) is 5.98. The van der Waals surface area contributed by atoms with Crippen LogP contribution >= 0.6 is 0 Å². The van der Waals surface area contributed by atoms with Gasteiger partial charge in [-0.25, -0.2) is 0 Å². The molecule has 0 rings (SSSR count). The quantitative estimate of drug-likeness (QED) is 0.175. The van der Waals surface area contributed by atoms with E-state index in [1.54, 1.807) is 0 Å². The highest BCUT2D eigenvalue weighted by molar-refractivity contribution is 6.76. The van der Waals surface area contributed by atoms with Gasteiger partial charge in [-0.1, -0.05) is 77.6 Å². The van der Waals surface area contributed by atoms with Gasteiger partial charge in [0.15, 0.2) is 14.2 Å². The molecule has 0 fully saturated rings. The molecule has 0 unspecified atom stereocenters. The van der Waals surface area contributed by atoms with Gasteiger partial charge in [-0.15, -0.1) is 0 Å². The van der Waals surface area contributed by atoms with E-state index in [1.165, 1.54) is 76.7 Å². The lowest BCUT2D eigenvalue weighted by atomic mass is 10.1. The van der Waals surface area contributed by atoms with Crippen LogP contribution in [0.3, 0.4) is 0 Å². The van der Waals surface area contributed by atoms with Crippen LogP contribution in [-0.4, -0.2) is 52.2 Å². The molecule has 0 aliphatic heterocycles. The molecule has 0 heterocycles. The zero-order valence-corrected chi connectivity index (χ0v) is 18.8. The van der Waals surface area contributed by atoms with Crippen molar-refractivity contribution in [3.63, 3.8) is 0 Å². The summed E-state index contributed by atoms with van der Waals surface area (Å²) in [7, 11) is 6.87. The molecule has 0 radical (unpaired) electrons. The van der Waals surface area contributed by atoms with E-state index in [1.807, 2.05) is 0 Å². The second-order valence-electron chi connectivity index (χ2n) is 8.30. The third-order valence-electron chi connectivity index (χ3n) is 4.59. The number of rotatable bonds is 13. The summed E-state index contributed by atoms with van der Waals surface area (Å²) in [6.45, 7) is 7.09. The van der Waals surface area contributed by atoms with Crippen molar-refractivity contribution in [3.8, 4) is 0 Å². The molecule has 4 heteroatoms. The minimum atomic E-state index is -1.48. The van der Waals surface area contributed by atoms with Crippen molar-refractivity contribution in [2.24, 2.45) is 4.66 Å². The van der Waals surface area contributed by atoms with E-state index in [-0.39, 0.29) is 0 Å².